The standard InChI is InChI=1S/C16H23NO/c1-12(2)6-3-10-16(18)14-7-4-9-15-13(14)8-5-11-17-15/h4,7,9,12,17H,3,5-6,8,10-11H2,1-2H3. The zero-order chi connectivity index (χ0) is 13.0. The Hall–Kier alpha value is -1.31. The number of carbonyl (C=O) groups is 1. The van der Waals surface area contributed by atoms with Gasteiger partial charge in [-0.15, -0.1) is 0 Å². The van der Waals surface area contributed by atoms with Crippen LogP contribution in [0.4, 0.5) is 5.69 Å². The predicted octanol–water partition coefficient (Wildman–Crippen LogP) is 4.05. The van der Waals surface area contributed by atoms with Crippen LogP contribution in [0.2, 0.25) is 0 Å². The van der Waals surface area contributed by atoms with E-state index in [4.69, 9.17) is 0 Å². The largest absolute Gasteiger partial charge is 0.385 e. The maximum absolute atomic E-state index is 12.3. The van der Waals surface area contributed by atoms with Crippen molar-refractivity contribution in [3.63, 3.8) is 0 Å². The van der Waals surface area contributed by atoms with Gasteiger partial charge in [-0.3, -0.25) is 4.79 Å². The first kappa shape index (κ1) is 13.1. The fourth-order valence-electron chi connectivity index (χ4n) is 2.58. The first-order valence-corrected chi connectivity index (χ1v) is 7.07. The average Bonchev–Trinajstić information content (AvgIpc) is 2.37. The number of Topliss-reactive ketones (excluding diaryl/α,β-unsaturated/α-hetero) is 1. The number of fused-ring (bicyclic) bond motifs is 1. The van der Waals surface area contributed by atoms with Gasteiger partial charge in [0.05, 0.1) is 0 Å². The van der Waals surface area contributed by atoms with Crippen molar-refractivity contribution in [3.05, 3.63) is 29.3 Å². The van der Waals surface area contributed by atoms with Crippen molar-refractivity contribution < 1.29 is 4.79 Å². The summed E-state index contributed by atoms with van der Waals surface area (Å²) in [5.41, 5.74) is 3.35. The zero-order valence-electron chi connectivity index (χ0n) is 11.5. The summed E-state index contributed by atoms with van der Waals surface area (Å²) in [7, 11) is 0. The third kappa shape index (κ3) is 3.12. The van der Waals surface area contributed by atoms with Gasteiger partial charge in [0.15, 0.2) is 5.78 Å². The topological polar surface area (TPSA) is 29.1 Å². The number of hydrogen-bond acceptors (Lipinski definition) is 2. The van der Waals surface area contributed by atoms with Crippen molar-refractivity contribution in [2.75, 3.05) is 11.9 Å². The number of nitrogens with one attached hydrogen (secondary N) is 1. The second kappa shape index (κ2) is 6.03. The van der Waals surface area contributed by atoms with Gasteiger partial charge in [-0.2, -0.15) is 0 Å². The highest BCUT2D eigenvalue weighted by molar-refractivity contribution is 5.98. The van der Waals surface area contributed by atoms with Crippen molar-refractivity contribution in [1.82, 2.24) is 0 Å². The van der Waals surface area contributed by atoms with Crippen LogP contribution in [0.5, 0.6) is 0 Å². The van der Waals surface area contributed by atoms with Crippen LogP contribution in [0, 0.1) is 5.92 Å². The van der Waals surface area contributed by atoms with Crippen LogP contribution >= 0.6 is 0 Å². The molecular weight excluding hydrogens is 222 g/mol. The number of anilines is 1. The van der Waals surface area contributed by atoms with E-state index in [0.29, 0.717) is 18.1 Å². The van der Waals surface area contributed by atoms with E-state index in [-0.39, 0.29) is 0 Å². The lowest BCUT2D eigenvalue weighted by molar-refractivity contribution is 0.0977. The van der Waals surface area contributed by atoms with Crippen molar-refractivity contribution in [2.45, 2.75) is 46.0 Å². The summed E-state index contributed by atoms with van der Waals surface area (Å²) in [4.78, 5) is 12.3. The van der Waals surface area contributed by atoms with Crippen molar-refractivity contribution >= 4 is 11.5 Å². The Morgan fingerprint density at radius 1 is 1.39 bits per heavy atom. The number of ketones is 1. The normalized spacial score (nSPS) is 14.2. The average molecular weight is 245 g/mol. The van der Waals surface area contributed by atoms with E-state index in [1.54, 1.807) is 0 Å². The van der Waals surface area contributed by atoms with Crippen molar-refractivity contribution in [3.8, 4) is 0 Å². The minimum Gasteiger partial charge on any atom is -0.385 e. The molecule has 2 nitrogen and oxygen atoms in total. The maximum Gasteiger partial charge on any atom is 0.163 e. The van der Waals surface area contributed by atoms with E-state index in [2.05, 4.69) is 25.2 Å². The smallest absolute Gasteiger partial charge is 0.163 e. The lowest BCUT2D eigenvalue weighted by Crippen LogP contribution is -2.15. The van der Waals surface area contributed by atoms with Crippen molar-refractivity contribution in [2.24, 2.45) is 5.92 Å². The van der Waals surface area contributed by atoms with E-state index < -0.39 is 0 Å². The summed E-state index contributed by atoms with van der Waals surface area (Å²) in [6.45, 7) is 5.44. The molecule has 0 aromatic heterocycles. The summed E-state index contributed by atoms with van der Waals surface area (Å²) in [5.74, 6) is 1.00. The Labute approximate surface area is 110 Å². The summed E-state index contributed by atoms with van der Waals surface area (Å²) in [6, 6.07) is 6.07. The summed E-state index contributed by atoms with van der Waals surface area (Å²) in [6.07, 6.45) is 5.00. The molecule has 1 aliphatic heterocycles. The quantitative estimate of drug-likeness (QED) is 0.793. The van der Waals surface area contributed by atoms with Gasteiger partial charge >= 0.3 is 0 Å². The van der Waals surface area contributed by atoms with Gasteiger partial charge in [0.1, 0.15) is 0 Å². The Balaban J connectivity index is 2.06. The first-order valence-electron chi connectivity index (χ1n) is 7.07. The number of benzene rings is 1. The third-order valence-electron chi connectivity index (χ3n) is 3.58. The lowest BCUT2D eigenvalue weighted by Gasteiger charge is -2.20. The molecule has 0 spiro atoms. The molecule has 0 aliphatic carbocycles. The molecule has 0 saturated carbocycles. The Kier molecular flexibility index (Phi) is 4.40. The predicted molar refractivity (Wildman–Crippen MR) is 76.3 cm³/mol. The molecule has 0 unspecified atom stereocenters. The van der Waals surface area contributed by atoms with Gasteiger partial charge in [0, 0.05) is 24.2 Å². The Morgan fingerprint density at radius 2 is 2.22 bits per heavy atom. The highest BCUT2D eigenvalue weighted by atomic mass is 16.1. The molecule has 0 radical (unpaired) electrons. The monoisotopic (exact) mass is 245 g/mol. The second-order valence-electron chi connectivity index (χ2n) is 5.57. The zero-order valence-corrected chi connectivity index (χ0v) is 11.5. The van der Waals surface area contributed by atoms with Gasteiger partial charge in [-0.05, 0) is 36.8 Å². The van der Waals surface area contributed by atoms with Crippen molar-refractivity contribution in [1.29, 1.82) is 0 Å². The molecule has 1 heterocycles. The van der Waals surface area contributed by atoms with E-state index in [1.807, 2.05) is 12.1 Å². The van der Waals surface area contributed by atoms with E-state index in [1.165, 1.54) is 5.56 Å². The molecule has 0 atom stereocenters. The van der Waals surface area contributed by atoms with E-state index in [0.717, 1.165) is 43.5 Å². The van der Waals surface area contributed by atoms with Crippen LogP contribution in [-0.2, 0) is 6.42 Å². The van der Waals surface area contributed by atoms with Crippen LogP contribution in [0.25, 0.3) is 0 Å². The molecule has 0 fully saturated rings. The van der Waals surface area contributed by atoms with Gasteiger partial charge in [-0.25, -0.2) is 0 Å². The summed E-state index contributed by atoms with van der Waals surface area (Å²) in [5, 5.41) is 3.38. The van der Waals surface area contributed by atoms with Crippen LogP contribution < -0.4 is 5.32 Å². The molecule has 0 saturated heterocycles. The fraction of sp³-hybridized carbons (Fsp3) is 0.562. The molecule has 1 N–H and O–H groups in total. The lowest BCUT2D eigenvalue weighted by atomic mass is 9.93. The second-order valence-corrected chi connectivity index (χ2v) is 5.57. The molecular formula is C16H23NO. The highest BCUT2D eigenvalue weighted by Crippen LogP contribution is 2.26. The Morgan fingerprint density at radius 3 is 3.00 bits per heavy atom. The number of carbonyl (C=O) groups excluding carboxylic acids is 1. The maximum atomic E-state index is 12.3. The number of hydrogen-bond donors (Lipinski definition) is 1. The molecule has 2 rings (SSSR count). The first-order chi connectivity index (χ1) is 8.68. The Bertz CT molecular complexity index is 423. The molecule has 0 bridgehead atoms. The molecule has 1 aliphatic rings. The molecule has 0 amide bonds. The van der Waals surface area contributed by atoms with E-state index >= 15 is 0 Å². The van der Waals surface area contributed by atoms with Crippen LogP contribution in [-0.4, -0.2) is 12.3 Å². The van der Waals surface area contributed by atoms with Crippen LogP contribution in [0.3, 0.4) is 0 Å². The van der Waals surface area contributed by atoms with Gasteiger partial charge in [0.2, 0.25) is 0 Å². The molecule has 98 valence electrons. The van der Waals surface area contributed by atoms with Gasteiger partial charge in [-0.1, -0.05) is 32.4 Å². The van der Waals surface area contributed by atoms with Gasteiger partial charge < -0.3 is 5.32 Å². The third-order valence-corrected chi connectivity index (χ3v) is 3.58. The summed E-state index contributed by atoms with van der Waals surface area (Å²) >= 11 is 0. The van der Waals surface area contributed by atoms with E-state index in [9.17, 15) is 4.79 Å². The number of rotatable bonds is 5. The molecule has 1 aromatic rings. The minimum absolute atomic E-state index is 0.316. The summed E-state index contributed by atoms with van der Waals surface area (Å²) < 4.78 is 0. The molecule has 18 heavy (non-hydrogen) atoms. The van der Waals surface area contributed by atoms with Crippen LogP contribution in [0.1, 0.15) is 55.5 Å². The highest BCUT2D eigenvalue weighted by Gasteiger charge is 2.16. The van der Waals surface area contributed by atoms with Crippen LogP contribution in [0.15, 0.2) is 18.2 Å². The molecule has 1 aromatic carbocycles. The fourth-order valence-corrected chi connectivity index (χ4v) is 2.58. The molecule has 2 heteroatoms. The minimum atomic E-state index is 0.316. The SMILES string of the molecule is CC(C)CCCC(=O)c1cccc2c1CCCN2. The van der Waals surface area contributed by atoms with Gasteiger partial charge in [0.25, 0.3) is 0 Å².